The third-order valence-corrected chi connectivity index (χ3v) is 2.59. The van der Waals surface area contributed by atoms with Crippen LogP contribution >= 0.6 is 0 Å². The van der Waals surface area contributed by atoms with Crippen LogP contribution in [0.25, 0.3) is 0 Å². The zero-order valence-corrected chi connectivity index (χ0v) is 8.21. The molecule has 2 nitrogen and oxygen atoms in total. The zero-order valence-electron chi connectivity index (χ0n) is 8.21. The highest BCUT2D eigenvalue weighted by molar-refractivity contribution is 6.01. The average molecular weight is 168 g/mol. The number of aliphatic imine (C=N–C) groups is 1. The van der Waals surface area contributed by atoms with Gasteiger partial charge in [0, 0.05) is 18.2 Å². The van der Waals surface area contributed by atoms with Crippen molar-refractivity contribution in [3.8, 4) is 0 Å². The molecular weight excluding hydrogens is 148 g/mol. The summed E-state index contributed by atoms with van der Waals surface area (Å²) in [6.45, 7) is 6.09. The molecule has 12 heavy (non-hydrogen) atoms. The van der Waals surface area contributed by atoms with Gasteiger partial charge in [0.1, 0.15) is 0 Å². The van der Waals surface area contributed by atoms with Crippen LogP contribution in [0.5, 0.6) is 0 Å². The first-order valence-corrected chi connectivity index (χ1v) is 5.01. The molecule has 70 valence electrons. The van der Waals surface area contributed by atoms with E-state index in [4.69, 9.17) is 5.73 Å². The fourth-order valence-electron chi connectivity index (χ4n) is 1.47. The van der Waals surface area contributed by atoms with Gasteiger partial charge in [-0.2, -0.15) is 0 Å². The van der Waals surface area contributed by atoms with E-state index in [1.54, 1.807) is 0 Å². The highest BCUT2D eigenvalue weighted by atomic mass is 14.8. The van der Waals surface area contributed by atoms with E-state index >= 15 is 0 Å². The van der Waals surface area contributed by atoms with Crippen LogP contribution in [-0.2, 0) is 0 Å². The first-order valence-electron chi connectivity index (χ1n) is 5.01. The van der Waals surface area contributed by atoms with E-state index in [-0.39, 0.29) is 0 Å². The molecule has 2 atom stereocenters. The summed E-state index contributed by atoms with van der Waals surface area (Å²) in [5.41, 5.74) is 6.79. The number of hydrogen-bond acceptors (Lipinski definition) is 2. The molecule has 1 fully saturated rings. The van der Waals surface area contributed by atoms with Crippen molar-refractivity contribution in [2.45, 2.75) is 33.1 Å². The highest BCUT2D eigenvalue weighted by Crippen LogP contribution is 2.33. The Kier molecular flexibility index (Phi) is 3.73. The molecule has 0 saturated heterocycles. The van der Waals surface area contributed by atoms with Gasteiger partial charge in [0.05, 0.1) is 6.54 Å². The van der Waals surface area contributed by atoms with Gasteiger partial charge in [-0.25, -0.2) is 0 Å². The molecule has 0 aromatic rings. The first kappa shape index (κ1) is 9.72. The molecule has 1 saturated carbocycles. The lowest BCUT2D eigenvalue weighted by atomic mass is 10.0. The van der Waals surface area contributed by atoms with Crippen LogP contribution in [0.4, 0.5) is 0 Å². The predicted molar refractivity (Wildman–Crippen MR) is 53.5 cm³/mol. The van der Waals surface area contributed by atoms with E-state index in [9.17, 15) is 0 Å². The maximum absolute atomic E-state index is 5.37. The van der Waals surface area contributed by atoms with Crippen molar-refractivity contribution < 1.29 is 0 Å². The third kappa shape index (κ3) is 2.94. The van der Waals surface area contributed by atoms with Crippen LogP contribution in [0.2, 0.25) is 0 Å². The number of nitrogens with zero attached hydrogens (tertiary/aromatic N) is 1. The van der Waals surface area contributed by atoms with E-state index in [0.29, 0.717) is 6.54 Å². The minimum atomic E-state index is 0.694. The summed E-state index contributed by atoms with van der Waals surface area (Å²) >= 11 is 0. The molecule has 1 rings (SSSR count). The topological polar surface area (TPSA) is 38.4 Å². The van der Waals surface area contributed by atoms with Crippen LogP contribution < -0.4 is 5.73 Å². The molecule has 0 aliphatic heterocycles. The Balaban J connectivity index is 2.15. The molecule has 0 heterocycles. The largest absolute Gasteiger partial charge is 0.329 e. The summed E-state index contributed by atoms with van der Waals surface area (Å²) in [6.07, 6.45) is 3.87. The van der Waals surface area contributed by atoms with Crippen molar-refractivity contribution in [2.75, 3.05) is 13.1 Å². The van der Waals surface area contributed by atoms with Crippen LogP contribution in [0.3, 0.4) is 0 Å². The van der Waals surface area contributed by atoms with Crippen LogP contribution in [0, 0.1) is 11.8 Å². The predicted octanol–water partition coefficient (Wildman–Crippen LogP) is 1.84. The van der Waals surface area contributed by atoms with E-state index in [1.807, 2.05) is 0 Å². The number of nitrogens with two attached hydrogens (primary N) is 1. The maximum Gasteiger partial charge on any atom is 0.0511 e. The molecule has 0 amide bonds. The smallest absolute Gasteiger partial charge is 0.0511 e. The van der Waals surface area contributed by atoms with E-state index in [2.05, 4.69) is 18.8 Å². The number of rotatable bonds is 5. The van der Waals surface area contributed by atoms with Gasteiger partial charge in [-0.1, -0.05) is 20.3 Å². The van der Waals surface area contributed by atoms with Gasteiger partial charge in [-0.15, -0.1) is 0 Å². The van der Waals surface area contributed by atoms with Crippen LogP contribution in [0.15, 0.2) is 4.99 Å². The fourth-order valence-corrected chi connectivity index (χ4v) is 1.47. The molecular formula is C10H20N2. The molecule has 1 aliphatic rings. The first-order chi connectivity index (χ1) is 5.77. The Bertz CT molecular complexity index is 163. The standard InChI is InChI=1S/C10H20N2/c1-3-8(2)6-9-7-10(9)12-5-4-11/h8-9H,3-7,11H2,1-2H3/t8-,9?/m1/s1. The quantitative estimate of drug-likeness (QED) is 0.668. The van der Waals surface area contributed by atoms with Crippen LogP contribution in [0.1, 0.15) is 33.1 Å². The van der Waals surface area contributed by atoms with E-state index in [0.717, 1.165) is 18.4 Å². The summed E-state index contributed by atoms with van der Waals surface area (Å²) in [5.74, 6) is 1.67. The maximum atomic E-state index is 5.37. The summed E-state index contributed by atoms with van der Waals surface area (Å²) in [7, 11) is 0. The molecule has 0 aromatic heterocycles. The van der Waals surface area contributed by atoms with E-state index < -0.39 is 0 Å². The van der Waals surface area contributed by atoms with Gasteiger partial charge in [0.15, 0.2) is 0 Å². The second-order valence-corrected chi connectivity index (χ2v) is 3.81. The van der Waals surface area contributed by atoms with Crippen molar-refractivity contribution in [2.24, 2.45) is 22.6 Å². The van der Waals surface area contributed by atoms with Gasteiger partial charge in [-0.3, -0.25) is 4.99 Å². The monoisotopic (exact) mass is 168 g/mol. The molecule has 0 spiro atoms. The molecule has 1 unspecified atom stereocenters. The van der Waals surface area contributed by atoms with Crippen molar-refractivity contribution in [1.82, 2.24) is 0 Å². The Labute approximate surface area is 75.3 Å². The van der Waals surface area contributed by atoms with Gasteiger partial charge < -0.3 is 5.73 Å². The fraction of sp³-hybridized carbons (Fsp3) is 0.900. The van der Waals surface area contributed by atoms with Crippen molar-refractivity contribution >= 4 is 5.71 Å². The molecule has 0 radical (unpaired) electrons. The molecule has 1 aliphatic carbocycles. The Morgan fingerprint density at radius 2 is 2.42 bits per heavy atom. The van der Waals surface area contributed by atoms with Gasteiger partial charge >= 0.3 is 0 Å². The van der Waals surface area contributed by atoms with Gasteiger partial charge in [0.2, 0.25) is 0 Å². The second-order valence-electron chi connectivity index (χ2n) is 3.81. The normalized spacial score (nSPS) is 27.6. The molecule has 0 aromatic carbocycles. The molecule has 2 N–H and O–H groups in total. The van der Waals surface area contributed by atoms with Crippen molar-refractivity contribution in [3.63, 3.8) is 0 Å². The lowest BCUT2D eigenvalue weighted by Crippen LogP contribution is -2.02. The summed E-state index contributed by atoms with van der Waals surface area (Å²) < 4.78 is 0. The average Bonchev–Trinajstić information content (AvgIpc) is 2.80. The second kappa shape index (κ2) is 4.61. The Morgan fingerprint density at radius 3 is 3.00 bits per heavy atom. The lowest BCUT2D eigenvalue weighted by Gasteiger charge is -2.04. The van der Waals surface area contributed by atoms with Gasteiger partial charge in [0.25, 0.3) is 0 Å². The third-order valence-electron chi connectivity index (χ3n) is 2.59. The minimum absolute atomic E-state index is 0.694. The van der Waals surface area contributed by atoms with E-state index in [1.165, 1.54) is 25.0 Å². The lowest BCUT2D eigenvalue weighted by molar-refractivity contribution is 0.494. The SMILES string of the molecule is CC[C@@H](C)CC1CC1=NCCN. The minimum Gasteiger partial charge on any atom is -0.329 e. The summed E-state index contributed by atoms with van der Waals surface area (Å²) in [5, 5.41) is 0. The summed E-state index contributed by atoms with van der Waals surface area (Å²) in [6, 6.07) is 0. The zero-order chi connectivity index (χ0) is 8.97. The Morgan fingerprint density at radius 1 is 1.67 bits per heavy atom. The molecule has 0 bridgehead atoms. The van der Waals surface area contributed by atoms with Gasteiger partial charge in [-0.05, 0) is 18.8 Å². The van der Waals surface area contributed by atoms with Crippen LogP contribution in [-0.4, -0.2) is 18.8 Å². The van der Waals surface area contributed by atoms with Crippen molar-refractivity contribution in [1.29, 1.82) is 0 Å². The number of hydrogen-bond donors (Lipinski definition) is 1. The van der Waals surface area contributed by atoms with Crippen molar-refractivity contribution in [3.05, 3.63) is 0 Å². The Hall–Kier alpha value is -0.370. The highest BCUT2D eigenvalue weighted by Gasteiger charge is 2.31. The summed E-state index contributed by atoms with van der Waals surface area (Å²) in [4.78, 5) is 4.41. The molecule has 2 heteroatoms.